The second kappa shape index (κ2) is 6.82. The minimum atomic E-state index is -0.477. The highest BCUT2D eigenvalue weighted by atomic mass is 19.1. The van der Waals surface area contributed by atoms with E-state index in [4.69, 9.17) is 5.26 Å². The Morgan fingerprint density at radius 3 is 2.83 bits per heavy atom. The minimum absolute atomic E-state index is 0.126. The molecule has 0 aliphatic carbocycles. The van der Waals surface area contributed by atoms with Crippen LogP contribution in [0.3, 0.4) is 0 Å². The van der Waals surface area contributed by atoms with Crippen molar-refractivity contribution in [2.75, 3.05) is 20.1 Å². The summed E-state index contributed by atoms with van der Waals surface area (Å²) in [6.07, 6.45) is 0.193. The quantitative estimate of drug-likeness (QED) is 0.777. The average Bonchev–Trinajstić information content (AvgIpc) is 2.30. The topological polar surface area (TPSA) is 44.1 Å². The molecule has 96 valence electrons. The normalized spacial score (nSPS) is 10.4. The van der Waals surface area contributed by atoms with Crippen molar-refractivity contribution in [1.82, 2.24) is 4.90 Å². The number of hydrogen-bond donors (Lipinski definition) is 0. The third-order valence-electron chi connectivity index (χ3n) is 2.49. The molecule has 0 aliphatic rings. The number of halogens is 2. The van der Waals surface area contributed by atoms with E-state index < -0.39 is 11.6 Å². The fourth-order valence-electron chi connectivity index (χ4n) is 1.57. The van der Waals surface area contributed by atoms with Gasteiger partial charge in [-0.05, 0) is 37.2 Å². The monoisotopic (exact) mass is 252 g/mol. The molecule has 0 atom stereocenters. The highest BCUT2D eigenvalue weighted by molar-refractivity contribution is 5.82. The molecule has 5 heteroatoms. The number of carbonyl (C=O) groups excluding carboxylic acids is 1. The zero-order chi connectivity index (χ0) is 13.5. The molecular weight excluding hydrogens is 238 g/mol. The first-order chi connectivity index (χ1) is 8.52. The summed E-state index contributed by atoms with van der Waals surface area (Å²) < 4.78 is 26.2. The van der Waals surface area contributed by atoms with Gasteiger partial charge < -0.3 is 0 Å². The Hall–Kier alpha value is -1.80. The minimum Gasteiger partial charge on any atom is -0.299 e. The number of carbonyl (C=O) groups is 1. The fourth-order valence-corrected chi connectivity index (χ4v) is 1.57. The molecular formula is C13H14F2N2O. The summed E-state index contributed by atoms with van der Waals surface area (Å²) in [7, 11) is 1.70. The fraction of sp³-hybridized carbons (Fsp3) is 0.385. The van der Waals surface area contributed by atoms with Crippen molar-refractivity contribution < 1.29 is 13.6 Å². The molecule has 0 fully saturated rings. The molecule has 1 aromatic rings. The lowest BCUT2D eigenvalue weighted by Crippen LogP contribution is -2.27. The van der Waals surface area contributed by atoms with Crippen LogP contribution in [0, 0.1) is 23.0 Å². The Morgan fingerprint density at radius 1 is 1.44 bits per heavy atom. The zero-order valence-electron chi connectivity index (χ0n) is 10.1. The molecule has 0 N–H and O–H groups in total. The van der Waals surface area contributed by atoms with E-state index in [2.05, 4.69) is 0 Å². The first-order valence-corrected chi connectivity index (χ1v) is 5.54. The van der Waals surface area contributed by atoms with E-state index in [1.165, 1.54) is 0 Å². The van der Waals surface area contributed by atoms with E-state index in [1.54, 1.807) is 18.0 Å². The number of hydrogen-bond acceptors (Lipinski definition) is 3. The number of ketones is 1. The van der Waals surface area contributed by atoms with Crippen molar-refractivity contribution >= 4 is 5.78 Å². The molecule has 0 saturated carbocycles. The molecule has 0 radical (unpaired) electrons. The molecule has 3 nitrogen and oxygen atoms in total. The smallest absolute Gasteiger partial charge is 0.160 e. The Morgan fingerprint density at radius 2 is 2.17 bits per heavy atom. The van der Waals surface area contributed by atoms with Crippen molar-refractivity contribution in [2.45, 2.75) is 12.8 Å². The highest BCUT2D eigenvalue weighted by Gasteiger charge is 2.08. The summed E-state index contributed by atoms with van der Waals surface area (Å²) in [5.41, 5.74) is 0.287. The third kappa shape index (κ3) is 4.60. The summed E-state index contributed by atoms with van der Waals surface area (Å²) >= 11 is 0. The molecule has 1 aromatic carbocycles. The molecule has 0 bridgehead atoms. The zero-order valence-corrected chi connectivity index (χ0v) is 10.1. The largest absolute Gasteiger partial charge is 0.299 e. The number of benzene rings is 1. The number of nitrogens with zero attached hydrogens (tertiary/aromatic N) is 2. The first-order valence-electron chi connectivity index (χ1n) is 5.54. The molecule has 1 rings (SSSR count). The highest BCUT2D eigenvalue weighted by Crippen LogP contribution is 2.10. The Labute approximate surface area is 105 Å². The number of nitriles is 1. The van der Waals surface area contributed by atoms with Gasteiger partial charge in [-0.3, -0.25) is 9.69 Å². The van der Waals surface area contributed by atoms with E-state index in [9.17, 15) is 13.6 Å². The molecule has 18 heavy (non-hydrogen) atoms. The Balaban J connectivity index is 2.47. The van der Waals surface area contributed by atoms with Gasteiger partial charge in [-0.1, -0.05) is 0 Å². The van der Waals surface area contributed by atoms with Crippen LogP contribution < -0.4 is 0 Å². The van der Waals surface area contributed by atoms with E-state index in [1.807, 2.05) is 0 Å². The standard InChI is InChI=1S/C13H14F2N2O/c1-17(9-12(18)4-6-16)7-5-10-8-11(14)2-3-13(10)15/h2-3,8H,4-5,7,9H2,1H3. The van der Waals surface area contributed by atoms with E-state index in [0.29, 0.717) is 13.0 Å². The second-order valence-electron chi connectivity index (χ2n) is 4.10. The van der Waals surface area contributed by atoms with Crippen LogP contribution in [0.15, 0.2) is 18.2 Å². The number of Topliss-reactive ketones (excluding diaryl/α,β-unsaturated/α-hetero) is 1. The summed E-state index contributed by atoms with van der Waals surface area (Å²) in [5, 5.41) is 8.34. The van der Waals surface area contributed by atoms with Crippen LogP contribution in [0.25, 0.3) is 0 Å². The van der Waals surface area contributed by atoms with Gasteiger partial charge in [0.1, 0.15) is 11.6 Å². The van der Waals surface area contributed by atoms with Crippen molar-refractivity contribution in [2.24, 2.45) is 0 Å². The van der Waals surface area contributed by atoms with Gasteiger partial charge >= 0.3 is 0 Å². The molecule has 0 saturated heterocycles. The van der Waals surface area contributed by atoms with Crippen LogP contribution in [-0.2, 0) is 11.2 Å². The van der Waals surface area contributed by atoms with Gasteiger partial charge in [-0.2, -0.15) is 5.26 Å². The van der Waals surface area contributed by atoms with Gasteiger partial charge in [0.2, 0.25) is 0 Å². The predicted molar refractivity (Wildman–Crippen MR) is 62.8 cm³/mol. The van der Waals surface area contributed by atoms with Crippen LogP contribution in [-0.4, -0.2) is 30.8 Å². The first kappa shape index (κ1) is 14.3. The van der Waals surface area contributed by atoms with Crippen LogP contribution >= 0.6 is 0 Å². The lowest BCUT2D eigenvalue weighted by molar-refractivity contribution is -0.118. The molecule has 0 amide bonds. The van der Waals surface area contributed by atoms with Crippen molar-refractivity contribution in [3.63, 3.8) is 0 Å². The molecule has 0 aliphatic heterocycles. The van der Waals surface area contributed by atoms with Gasteiger partial charge in [-0.25, -0.2) is 8.78 Å². The summed E-state index contributed by atoms with van der Waals surface area (Å²) in [6, 6.07) is 5.09. The van der Waals surface area contributed by atoms with Crippen molar-refractivity contribution in [3.05, 3.63) is 35.4 Å². The van der Waals surface area contributed by atoms with Crippen LogP contribution in [0.1, 0.15) is 12.0 Å². The molecule has 0 spiro atoms. The summed E-state index contributed by atoms with van der Waals surface area (Å²) in [6.45, 7) is 0.571. The van der Waals surface area contributed by atoms with E-state index in [-0.39, 0.29) is 24.3 Å². The van der Waals surface area contributed by atoms with Gasteiger partial charge in [0.05, 0.1) is 19.0 Å². The lowest BCUT2D eigenvalue weighted by Gasteiger charge is -2.15. The average molecular weight is 252 g/mol. The predicted octanol–water partition coefficient (Wildman–Crippen LogP) is 1.92. The van der Waals surface area contributed by atoms with Crippen LogP contribution in [0.5, 0.6) is 0 Å². The maximum absolute atomic E-state index is 13.3. The second-order valence-corrected chi connectivity index (χ2v) is 4.10. The van der Waals surface area contributed by atoms with Crippen LogP contribution in [0.2, 0.25) is 0 Å². The van der Waals surface area contributed by atoms with Crippen molar-refractivity contribution in [3.8, 4) is 6.07 Å². The van der Waals surface area contributed by atoms with Gasteiger partial charge in [-0.15, -0.1) is 0 Å². The molecule has 0 aromatic heterocycles. The number of rotatable bonds is 6. The Bertz CT molecular complexity index is 469. The van der Waals surface area contributed by atoms with E-state index >= 15 is 0 Å². The third-order valence-corrected chi connectivity index (χ3v) is 2.49. The maximum Gasteiger partial charge on any atom is 0.160 e. The summed E-state index contributed by atoms with van der Waals surface area (Å²) in [4.78, 5) is 12.9. The van der Waals surface area contributed by atoms with Gasteiger partial charge in [0.25, 0.3) is 0 Å². The molecule has 0 heterocycles. The van der Waals surface area contributed by atoms with E-state index in [0.717, 1.165) is 18.2 Å². The van der Waals surface area contributed by atoms with Gasteiger partial charge in [0, 0.05) is 6.54 Å². The maximum atomic E-state index is 13.3. The lowest BCUT2D eigenvalue weighted by atomic mass is 10.1. The van der Waals surface area contributed by atoms with Gasteiger partial charge in [0.15, 0.2) is 5.78 Å². The molecule has 0 unspecified atom stereocenters. The summed E-state index contributed by atoms with van der Waals surface area (Å²) in [5.74, 6) is -1.11. The number of likely N-dealkylation sites (N-methyl/N-ethyl adjacent to an activating group) is 1. The van der Waals surface area contributed by atoms with Crippen LogP contribution in [0.4, 0.5) is 8.78 Å². The SMILES string of the molecule is CN(CCc1cc(F)ccc1F)CC(=O)CC#N. The van der Waals surface area contributed by atoms with Crippen molar-refractivity contribution in [1.29, 1.82) is 5.26 Å². The Kier molecular flexibility index (Phi) is 5.40.